The molecule has 126 valence electrons. The summed E-state index contributed by atoms with van der Waals surface area (Å²) >= 11 is 0. The van der Waals surface area contributed by atoms with E-state index >= 15 is 0 Å². The predicted octanol–water partition coefficient (Wildman–Crippen LogP) is 5.76. The second-order valence-electron chi connectivity index (χ2n) is 6.15. The fraction of sp³-hybridized carbons (Fsp3) is 0.174. The number of rotatable bonds is 5. The first kappa shape index (κ1) is 17.0. The smallest absolute Gasteiger partial charge is 0.318 e. The third-order valence-corrected chi connectivity index (χ3v) is 4.35. The number of hydrogen-bond donors (Lipinski definition) is 0. The van der Waals surface area contributed by atoms with E-state index in [0.717, 1.165) is 16.7 Å². The molecule has 0 bridgehead atoms. The molecule has 2 heteroatoms. The molecule has 0 amide bonds. The molecule has 25 heavy (non-hydrogen) atoms. The van der Waals surface area contributed by atoms with Crippen LogP contribution in [-0.2, 0) is 4.79 Å². The first-order valence-electron chi connectivity index (χ1n) is 8.61. The average Bonchev–Trinajstić information content (AvgIpc) is 2.65. The molecule has 0 aliphatic rings. The highest BCUT2D eigenvalue weighted by Crippen LogP contribution is 2.31. The molecular weight excluding hydrogens is 308 g/mol. The first-order valence-corrected chi connectivity index (χ1v) is 8.61. The number of benzene rings is 3. The predicted molar refractivity (Wildman–Crippen MR) is 102 cm³/mol. The van der Waals surface area contributed by atoms with Crippen LogP contribution in [0, 0.1) is 6.92 Å². The molecule has 0 aromatic heterocycles. The molecule has 1 atom stereocenters. The van der Waals surface area contributed by atoms with Gasteiger partial charge >= 0.3 is 5.97 Å². The Balaban J connectivity index is 1.87. The van der Waals surface area contributed by atoms with Gasteiger partial charge in [-0.15, -0.1) is 0 Å². The van der Waals surface area contributed by atoms with Crippen LogP contribution in [0.1, 0.15) is 30.4 Å². The van der Waals surface area contributed by atoms with E-state index in [1.807, 2.05) is 92.7 Å². The van der Waals surface area contributed by atoms with Gasteiger partial charge in [0.1, 0.15) is 5.75 Å². The minimum Gasteiger partial charge on any atom is -0.425 e. The Hall–Kier alpha value is -2.87. The van der Waals surface area contributed by atoms with Crippen molar-refractivity contribution in [2.45, 2.75) is 26.2 Å². The number of ether oxygens (including phenoxy) is 1. The van der Waals surface area contributed by atoms with Crippen LogP contribution >= 0.6 is 0 Å². The molecule has 3 rings (SSSR count). The van der Waals surface area contributed by atoms with Crippen molar-refractivity contribution >= 4 is 5.97 Å². The van der Waals surface area contributed by atoms with Gasteiger partial charge in [0.25, 0.3) is 0 Å². The molecule has 0 spiro atoms. The van der Waals surface area contributed by atoms with Crippen LogP contribution < -0.4 is 4.74 Å². The third-order valence-electron chi connectivity index (χ3n) is 4.35. The van der Waals surface area contributed by atoms with Crippen LogP contribution in [0.2, 0.25) is 0 Å². The van der Waals surface area contributed by atoms with Crippen LogP contribution in [0.5, 0.6) is 5.75 Å². The summed E-state index contributed by atoms with van der Waals surface area (Å²) in [7, 11) is 0. The highest BCUT2D eigenvalue weighted by molar-refractivity contribution is 5.83. The van der Waals surface area contributed by atoms with Crippen LogP contribution in [-0.4, -0.2) is 5.97 Å². The zero-order valence-electron chi connectivity index (χ0n) is 14.6. The molecule has 3 aromatic carbocycles. The van der Waals surface area contributed by atoms with Gasteiger partial charge < -0.3 is 4.74 Å². The maximum Gasteiger partial charge on any atom is 0.318 e. The van der Waals surface area contributed by atoms with E-state index in [-0.39, 0.29) is 11.9 Å². The topological polar surface area (TPSA) is 26.3 Å². The summed E-state index contributed by atoms with van der Waals surface area (Å²) < 4.78 is 5.80. The number of hydrogen-bond acceptors (Lipinski definition) is 2. The van der Waals surface area contributed by atoms with Gasteiger partial charge in [-0.2, -0.15) is 0 Å². The van der Waals surface area contributed by atoms with Crippen LogP contribution in [0.4, 0.5) is 0 Å². The van der Waals surface area contributed by atoms with Gasteiger partial charge in [0, 0.05) is 5.56 Å². The number of esters is 1. The van der Waals surface area contributed by atoms with E-state index in [0.29, 0.717) is 12.2 Å². The molecule has 2 nitrogen and oxygen atoms in total. The van der Waals surface area contributed by atoms with Crippen molar-refractivity contribution in [1.82, 2.24) is 0 Å². The van der Waals surface area contributed by atoms with E-state index in [4.69, 9.17) is 4.74 Å². The molecule has 0 aliphatic carbocycles. The molecule has 0 saturated heterocycles. The van der Waals surface area contributed by atoms with E-state index in [1.165, 1.54) is 5.56 Å². The number of carbonyl (C=O) groups excluding carboxylic acids is 1. The lowest BCUT2D eigenvalue weighted by Crippen LogP contribution is -2.18. The minimum atomic E-state index is -0.260. The van der Waals surface area contributed by atoms with Gasteiger partial charge in [-0.3, -0.25) is 4.79 Å². The molecule has 0 fully saturated rings. The third kappa shape index (κ3) is 3.97. The standard InChI is InChI=1S/C23H22O2/c1-3-20(19-15-13-17(2)14-16-19)23(24)25-22-12-8-7-11-21(22)18-9-5-4-6-10-18/h4-16,20H,3H2,1-2H3/t20-/m1/s1. The van der Waals surface area contributed by atoms with Gasteiger partial charge in [-0.05, 0) is 30.5 Å². The zero-order chi connectivity index (χ0) is 17.6. The second kappa shape index (κ2) is 7.80. The SMILES string of the molecule is CC[C@@H](C(=O)Oc1ccccc1-c1ccccc1)c1ccc(C)cc1. The normalized spacial score (nSPS) is 11.8. The van der Waals surface area contributed by atoms with Crippen molar-refractivity contribution in [2.75, 3.05) is 0 Å². The highest BCUT2D eigenvalue weighted by atomic mass is 16.5. The molecule has 0 heterocycles. The molecule has 0 aliphatic heterocycles. The van der Waals surface area contributed by atoms with Gasteiger partial charge in [0.15, 0.2) is 0 Å². The van der Waals surface area contributed by atoms with Crippen LogP contribution in [0.15, 0.2) is 78.9 Å². The van der Waals surface area contributed by atoms with Crippen molar-refractivity contribution in [3.05, 3.63) is 90.0 Å². The minimum absolute atomic E-state index is 0.213. The summed E-state index contributed by atoms with van der Waals surface area (Å²) in [5, 5.41) is 0. The van der Waals surface area contributed by atoms with Crippen molar-refractivity contribution < 1.29 is 9.53 Å². The quantitative estimate of drug-likeness (QED) is 0.439. The van der Waals surface area contributed by atoms with Crippen LogP contribution in [0.3, 0.4) is 0 Å². The lowest BCUT2D eigenvalue weighted by Gasteiger charge is -2.16. The van der Waals surface area contributed by atoms with Crippen molar-refractivity contribution in [2.24, 2.45) is 0 Å². The van der Waals surface area contributed by atoms with Crippen molar-refractivity contribution in [3.63, 3.8) is 0 Å². The fourth-order valence-electron chi connectivity index (χ4n) is 2.93. The summed E-state index contributed by atoms with van der Waals surface area (Å²) in [6.45, 7) is 4.05. The Morgan fingerprint density at radius 3 is 2.20 bits per heavy atom. The van der Waals surface area contributed by atoms with E-state index in [2.05, 4.69) is 0 Å². The summed E-state index contributed by atoms with van der Waals surface area (Å²) in [5.41, 5.74) is 4.14. The molecular formula is C23H22O2. The average molecular weight is 330 g/mol. The monoisotopic (exact) mass is 330 g/mol. The van der Waals surface area contributed by atoms with Gasteiger partial charge in [-0.25, -0.2) is 0 Å². The van der Waals surface area contributed by atoms with Crippen molar-refractivity contribution in [3.8, 4) is 16.9 Å². The maximum absolute atomic E-state index is 12.8. The summed E-state index contributed by atoms with van der Waals surface area (Å²) in [5.74, 6) is 0.128. The second-order valence-corrected chi connectivity index (χ2v) is 6.15. The number of para-hydroxylation sites is 1. The van der Waals surface area contributed by atoms with Gasteiger partial charge in [0.05, 0.1) is 5.92 Å². The molecule has 0 unspecified atom stereocenters. The highest BCUT2D eigenvalue weighted by Gasteiger charge is 2.22. The zero-order valence-corrected chi connectivity index (χ0v) is 14.6. The van der Waals surface area contributed by atoms with Crippen molar-refractivity contribution in [1.29, 1.82) is 0 Å². The maximum atomic E-state index is 12.8. The Bertz CT molecular complexity index is 835. The van der Waals surface area contributed by atoms with E-state index in [9.17, 15) is 4.79 Å². The Kier molecular flexibility index (Phi) is 5.30. The van der Waals surface area contributed by atoms with Gasteiger partial charge in [-0.1, -0.05) is 85.3 Å². The van der Waals surface area contributed by atoms with E-state index < -0.39 is 0 Å². The summed E-state index contributed by atoms with van der Waals surface area (Å²) in [4.78, 5) is 12.8. The van der Waals surface area contributed by atoms with Crippen LogP contribution in [0.25, 0.3) is 11.1 Å². The first-order chi connectivity index (χ1) is 12.2. The number of carbonyl (C=O) groups is 1. The Morgan fingerprint density at radius 1 is 0.880 bits per heavy atom. The molecule has 0 N–H and O–H groups in total. The largest absolute Gasteiger partial charge is 0.425 e. The Morgan fingerprint density at radius 2 is 1.52 bits per heavy atom. The summed E-state index contributed by atoms with van der Waals surface area (Å²) in [6.07, 6.45) is 0.704. The lowest BCUT2D eigenvalue weighted by atomic mass is 9.96. The lowest BCUT2D eigenvalue weighted by molar-refractivity contribution is -0.136. The summed E-state index contributed by atoms with van der Waals surface area (Å²) in [6, 6.07) is 25.7. The Labute approximate surface area is 149 Å². The number of aryl methyl sites for hydroxylation is 1. The van der Waals surface area contributed by atoms with Gasteiger partial charge in [0.2, 0.25) is 0 Å². The molecule has 3 aromatic rings. The molecule has 0 radical (unpaired) electrons. The van der Waals surface area contributed by atoms with E-state index in [1.54, 1.807) is 0 Å². The fourth-order valence-corrected chi connectivity index (χ4v) is 2.93. The molecule has 0 saturated carbocycles.